The van der Waals surface area contributed by atoms with Gasteiger partial charge in [0.25, 0.3) is 0 Å². The van der Waals surface area contributed by atoms with Gasteiger partial charge in [0, 0.05) is 31.6 Å². The van der Waals surface area contributed by atoms with E-state index in [1.165, 1.54) is 5.56 Å². The number of benzene rings is 2. The summed E-state index contributed by atoms with van der Waals surface area (Å²) in [6.07, 6.45) is 4.17. The van der Waals surface area contributed by atoms with E-state index < -0.39 is 18.1 Å². The Kier molecular flexibility index (Phi) is 11.4. The number of carbonyl (C=O) groups is 3. The van der Waals surface area contributed by atoms with Crippen LogP contribution in [0.4, 0.5) is 0 Å². The van der Waals surface area contributed by atoms with E-state index in [0.717, 1.165) is 43.7 Å². The highest BCUT2D eigenvalue weighted by molar-refractivity contribution is 5.94. The number of methoxy groups -OCH3 is 1. The Balaban J connectivity index is 1.47. The van der Waals surface area contributed by atoms with Gasteiger partial charge >= 0.3 is 0 Å². The molecule has 0 spiro atoms. The number of fused-ring (bicyclic) bond motifs is 1. The van der Waals surface area contributed by atoms with E-state index in [1.807, 2.05) is 49.4 Å². The molecule has 5 atom stereocenters. The fraction of sp³-hybridized carbons (Fsp3) is 0.545. The molecule has 0 bridgehead atoms. The van der Waals surface area contributed by atoms with Gasteiger partial charge in [-0.05, 0) is 68.3 Å². The minimum atomic E-state index is -0.724. The summed E-state index contributed by atoms with van der Waals surface area (Å²) in [4.78, 5) is 44.8. The van der Waals surface area contributed by atoms with E-state index in [4.69, 9.17) is 10.5 Å². The molecule has 0 radical (unpaired) electrons. The van der Waals surface area contributed by atoms with Crippen molar-refractivity contribution >= 4 is 17.7 Å². The normalized spacial score (nSPS) is 22.8. The number of ether oxygens (including phenoxy) is 1. The molecule has 2 aromatic carbocycles. The topological polar surface area (TPSA) is 117 Å². The summed E-state index contributed by atoms with van der Waals surface area (Å²) in [5, 5.41) is 6.08. The maximum Gasteiger partial charge on any atom is 0.246 e. The van der Waals surface area contributed by atoms with Crippen LogP contribution in [0.3, 0.4) is 0 Å². The second-order valence-electron chi connectivity index (χ2n) is 11.5. The summed E-state index contributed by atoms with van der Waals surface area (Å²) in [6.45, 7) is 6.71. The first kappa shape index (κ1) is 31.5. The third-order valence-electron chi connectivity index (χ3n) is 8.80. The van der Waals surface area contributed by atoms with E-state index in [0.29, 0.717) is 32.4 Å². The molecule has 0 unspecified atom stereocenters. The van der Waals surface area contributed by atoms with Crippen LogP contribution < -0.4 is 21.1 Å². The third-order valence-corrected chi connectivity index (χ3v) is 8.80. The zero-order valence-electron chi connectivity index (χ0n) is 25.3. The zero-order valence-corrected chi connectivity index (χ0v) is 25.3. The van der Waals surface area contributed by atoms with Crippen molar-refractivity contribution in [2.24, 2.45) is 11.7 Å². The number of nitrogens with zero attached hydrogens (tertiary/aromatic N) is 2. The van der Waals surface area contributed by atoms with Crippen molar-refractivity contribution in [1.82, 2.24) is 20.4 Å². The Morgan fingerprint density at radius 3 is 2.40 bits per heavy atom. The van der Waals surface area contributed by atoms with Crippen LogP contribution in [0.2, 0.25) is 0 Å². The van der Waals surface area contributed by atoms with Crippen molar-refractivity contribution in [2.75, 3.05) is 26.7 Å². The SMILES string of the molecule is CC[C@H](N)C(=O)N[C@@H]1C(=O)N2[C@@H](CC[C@@H]1CN(CC)Cc1ccccc1)CC[C@H]2C(=O)NCCc1ccc(OC)cc1. The highest BCUT2D eigenvalue weighted by Gasteiger charge is 2.47. The van der Waals surface area contributed by atoms with Crippen LogP contribution in [0.1, 0.15) is 57.1 Å². The molecule has 2 aliphatic heterocycles. The molecule has 0 aliphatic carbocycles. The van der Waals surface area contributed by atoms with Crippen LogP contribution in [-0.4, -0.2) is 78.4 Å². The number of hydrogen-bond donors (Lipinski definition) is 3. The van der Waals surface area contributed by atoms with Crippen LogP contribution in [0.15, 0.2) is 54.6 Å². The number of nitrogens with one attached hydrogen (secondary N) is 2. The number of hydrogen-bond acceptors (Lipinski definition) is 6. The van der Waals surface area contributed by atoms with Crippen molar-refractivity contribution < 1.29 is 19.1 Å². The molecule has 2 heterocycles. The average molecular weight is 578 g/mol. The lowest BCUT2D eigenvalue weighted by Crippen LogP contribution is -2.59. The van der Waals surface area contributed by atoms with E-state index in [1.54, 1.807) is 12.0 Å². The Morgan fingerprint density at radius 1 is 1.02 bits per heavy atom. The highest BCUT2D eigenvalue weighted by Crippen LogP contribution is 2.34. The van der Waals surface area contributed by atoms with Gasteiger partial charge in [-0.15, -0.1) is 0 Å². The lowest BCUT2D eigenvalue weighted by Gasteiger charge is -2.34. The first-order chi connectivity index (χ1) is 20.3. The standard InChI is InChI=1S/C33H47N5O4/c1-4-28(34)31(39)36-30-25(22-37(5-2)21-24-9-7-6-8-10-24)13-14-26-15-18-29(38(26)33(30)41)32(40)35-20-19-23-11-16-27(42-3)17-12-23/h6-12,16-17,25-26,28-30H,4-5,13-15,18-22,34H2,1-3H3,(H,35,40)(H,36,39)/t25-,26+,28+,29+,30+/m1/s1. The maximum absolute atomic E-state index is 14.2. The second-order valence-corrected chi connectivity index (χ2v) is 11.5. The summed E-state index contributed by atoms with van der Waals surface area (Å²) in [6, 6.07) is 16.1. The van der Waals surface area contributed by atoms with Crippen LogP contribution in [0, 0.1) is 5.92 Å². The Bertz CT molecular complexity index is 1170. The van der Waals surface area contributed by atoms with Gasteiger partial charge in [0.1, 0.15) is 17.8 Å². The Hall–Kier alpha value is -3.43. The highest BCUT2D eigenvalue weighted by atomic mass is 16.5. The van der Waals surface area contributed by atoms with Gasteiger partial charge in [0.15, 0.2) is 0 Å². The molecular weight excluding hydrogens is 530 g/mol. The second kappa shape index (κ2) is 15.2. The summed E-state index contributed by atoms with van der Waals surface area (Å²) in [5.74, 6) is 0.0974. The minimum Gasteiger partial charge on any atom is -0.497 e. The molecule has 2 saturated heterocycles. The van der Waals surface area contributed by atoms with Gasteiger partial charge < -0.3 is 26.0 Å². The molecule has 2 aromatic rings. The van der Waals surface area contributed by atoms with Gasteiger partial charge in [0.05, 0.1) is 13.2 Å². The first-order valence-corrected chi connectivity index (χ1v) is 15.4. The zero-order chi connectivity index (χ0) is 30.1. The number of amides is 3. The third kappa shape index (κ3) is 7.89. The van der Waals surface area contributed by atoms with Gasteiger partial charge in [-0.2, -0.15) is 0 Å². The Morgan fingerprint density at radius 2 is 1.74 bits per heavy atom. The van der Waals surface area contributed by atoms with Gasteiger partial charge in [-0.3, -0.25) is 19.3 Å². The molecule has 42 heavy (non-hydrogen) atoms. The largest absolute Gasteiger partial charge is 0.497 e. The fourth-order valence-electron chi connectivity index (χ4n) is 6.23. The van der Waals surface area contributed by atoms with Crippen LogP contribution >= 0.6 is 0 Å². The van der Waals surface area contributed by atoms with Gasteiger partial charge in [0.2, 0.25) is 17.7 Å². The van der Waals surface area contributed by atoms with Crippen molar-refractivity contribution in [3.05, 3.63) is 65.7 Å². The summed E-state index contributed by atoms with van der Waals surface area (Å²) in [5.41, 5.74) is 8.38. The summed E-state index contributed by atoms with van der Waals surface area (Å²) in [7, 11) is 1.63. The molecule has 4 rings (SSSR count). The summed E-state index contributed by atoms with van der Waals surface area (Å²) >= 11 is 0. The summed E-state index contributed by atoms with van der Waals surface area (Å²) < 4.78 is 5.22. The molecular formula is C33H47N5O4. The molecule has 0 aromatic heterocycles. The molecule has 228 valence electrons. The molecule has 0 saturated carbocycles. The maximum atomic E-state index is 14.2. The van der Waals surface area contributed by atoms with E-state index in [-0.39, 0.29) is 29.7 Å². The van der Waals surface area contributed by atoms with Crippen molar-refractivity contribution in [3.8, 4) is 5.75 Å². The lowest BCUT2D eigenvalue weighted by molar-refractivity contribution is -0.143. The molecule has 3 amide bonds. The fourth-order valence-corrected chi connectivity index (χ4v) is 6.23. The number of carbonyl (C=O) groups excluding carboxylic acids is 3. The van der Waals surface area contributed by atoms with E-state index in [2.05, 4.69) is 34.6 Å². The molecule has 2 aliphatic rings. The Labute approximate surface area is 250 Å². The quantitative estimate of drug-likeness (QED) is 0.337. The van der Waals surface area contributed by atoms with Crippen LogP contribution in [0.5, 0.6) is 5.75 Å². The van der Waals surface area contributed by atoms with Crippen LogP contribution in [0.25, 0.3) is 0 Å². The van der Waals surface area contributed by atoms with Gasteiger partial charge in [-0.1, -0.05) is 56.3 Å². The van der Waals surface area contributed by atoms with E-state index >= 15 is 0 Å². The first-order valence-electron chi connectivity index (χ1n) is 15.4. The van der Waals surface area contributed by atoms with Crippen molar-refractivity contribution in [3.63, 3.8) is 0 Å². The van der Waals surface area contributed by atoms with Crippen LogP contribution in [-0.2, 0) is 27.3 Å². The predicted molar refractivity (Wildman–Crippen MR) is 164 cm³/mol. The molecule has 9 nitrogen and oxygen atoms in total. The molecule has 2 fully saturated rings. The van der Waals surface area contributed by atoms with Gasteiger partial charge in [-0.25, -0.2) is 0 Å². The molecule has 9 heteroatoms. The van der Waals surface area contributed by atoms with Crippen molar-refractivity contribution in [2.45, 2.75) is 83.1 Å². The smallest absolute Gasteiger partial charge is 0.246 e. The predicted octanol–water partition coefficient (Wildman–Crippen LogP) is 2.87. The average Bonchev–Trinajstić information content (AvgIpc) is 3.40. The van der Waals surface area contributed by atoms with Crippen molar-refractivity contribution in [1.29, 1.82) is 0 Å². The monoisotopic (exact) mass is 577 g/mol. The lowest BCUT2D eigenvalue weighted by atomic mass is 9.92. The number of rotatable bonds is 13. The van der Waals surface area contributed by atoms with E-state index in [9.17, 15) is 14.4 Å². The molecule has 4 N–H and O–H groups in total. The number of nitrogens with two attached hydrogens (primary N) is 1. The minimum absolute atomic E-state index is 0.0108.